The van der Waals surface area contributed by atoms with E-state index < -0.39 is 0 Å². The van der Waals surface area contributed by atoms with Crippen molar-refractivity contribution >= 4 is 40.4 Å². The molecule has 3 aromatic heterocycles. The lowest BCUT2D eigenvalue weighted by Gasteiger charge is -2.11. The van der Waals surface area contributed by atoms with Crippen LogP contribution in [0.4, 0.5) is 28.8 Å². The van der Waals surface area contributed by atoms with Gasteiger partial charge < -0.3 is 20.7 Å². The molecule has 0 fully saturated rings. The van der Waals surface area contributed by atoms with Gasteiger partial charge in [-0.3, -0.25) is 9.20 Å². The number of carbonyl (C=O) groups excluding carboxylic acids is 1. The van der Waals surface area contributed by atoms with Crippen LogP contribution in [-0.2, 0) is 0 Å². The molecule has 3 N–H and O–H groups in total. The molecule has 0 unspecified atom stereocenters. The quantitative estimate of drug-likeness (QED) is 0.283. The van der Waals surface area contributed by atoms with Crippen LogP contribution in [0, 0.1) is 13.8 Å². The van der Waals surface area contributed by atoms with Gasteiger partial charge in [0, 0.05) is 35.0 Å². The molecule has 0 saturated heterocycles. The number of anilines is 5. The van der Waals surface area contributed by atoms with Crippen LogP contribution in [0.1, 0.15) is 21.9 Å². The number of aromatic nitrogens is 4. The number of imidazole rings is 1. The van der Waals surface area contributed by atoms with Gasteiger partial charge in [0.15, 0.2) is 0 Å². The second-order valence-corrected chi connectivity index (χ2v) is 8.20. The lowest BCUT2D eigenvalue weighted by molar-refractivity contribution is 0.102. The Morgan fingerprint density at radius 3 is 2.28 bits per heavy atom. The predicted octanol–water partition coefficient (Wildman–Crippen LogP) is 5.49. The fourth-order valence-electron chi connectivity index (χ4n) is 3.85. The first kappa shape index (κ1) is 22.9. The van der Waals surface area contributed by atoms with Gasteiger partial charge in [0.05, 0.1) is 12.8 Å². The first-order valence-electron chi connectivity index (χ1n) is 11.4. The molecule has 36 heavy (non-hydrogen) atoms. The average molecular weight is 480 g/mol. The van der Waals surface area contributed by atoms with Crippen molar-refractivity contribution in [3.05, 3.63) is 96.1 Å². The summed E-state index contributed by atoms with van der Waals surface area (Å²) in [6.45, 7) is 3.74. The number of amides is 1. The molecule has 3 heterocycles. The normalized spacial score (nSPS) is 10.8. The summed E-state index contributed by atoms with van der Waals surface area (Å²) in [6, 6.07) is 22.5. The predicted molar refractivity (Wildman–Crippen MR) is 141 cm³/mol. The SMILES string of the molecule is COc1ccc(Nc2cc(C)nc(Nc3ccc(NC(=O)c4c(C)nc5ccccn45)cc3)n2)cc1. The molecule has 0 spiro atoms. The molecule has 1 amide bonds. The molecule has 180 valence electrons. The maximum Gasteiger partial charge on any atom is 0.274 e. The van der Waals surface area contributed by atoms with Crippen LogP contribution in [0.2, 0.25) is 0 Å². The minimum atomic E-state index is -0.219. The highest BCUT2D eigenvalue weighted by Crippen LogP contribution is 2.22. The number of benzene rings is 2. The number of carbonyl (C=O) groups is 1. The highest BCUT2D eigenvalue weighted by atomic mass is 16.5. The highest BCUT2D eigenvalue weighted by molar-refractivity contribution is 6.04. The minimum Gasteiger partial charge on any atom is -0.497 e. The molecule has 0 saturated carbocycles. The van der Waals surface area contributed by atoms with E-state index in [2.05, 4.69) is 30.9 Å². The number of rotatable bonds is 7. The second-order valence-electron chi connectivity index (χ2n) is 8.20. The third kappa shape index (κ3) is 4.95. The zero-order valence-corrected chi connectivity index (χ0v) is 20.1. The fourth-order valence-corrected chi connectivity index (χ4v) is 3.85. The van der Waals surface area contributed by atoms with Crippen molar-refractivity contribution in [3.8, 4) is 5.75 Å². The Labute approximate surface area is 208 Å². The topological polar surface area (TPSA) is 105 Å². The summed E-state index contributed by atoms with van der Waals surface area (Å²) in [4.78, 5) is 26.4. The minimum absolute atomic E-state index is 0.219. The van der Waals surface area contributed by atoms with Gasteiger partial charge in [0.25, 0.3) is 5.91 Å². The number of methoxy groups -OCH3 is 1. The first-order valence-corrected chi connectivity index (χ1v) is 11.4. The van der Waals surface area contributed by atoms with E-state index in [1.807, 2.05) is 92.8 Å². The van der Waals surface area contributed by atoms with Crippen molar-refractivity contribution in [2.45, 2.75) is 13.8 Å². The van der Waals surface area contributed by atoms with E-state index in [1.54, 1.807) is 11.5 Å². The molecule has 0 aliphatic heterocycles. The molecule has 9 nitrogen and oxygen atoms in total. The van der Waals surface area contributed by atoms with E-state index in [4.69, 9.17) is 4.74 Å². The zero-order chi connectivity index (χ0) is 25.1. The van der Waals surface area contributed by atoms with Crippen LogP contribution >= 0.6 is 0 Å². The van der Waals surface area contributed by atoms with Crippen molar-refractivity contribution in [1.82, 2.24) is 19.4 Å². The van der Waals surface area contributed by atoms with Gasteiger partial charge in [-0.2, -0.15) is 4.98 Å². The van der Waals surface area contributed by atoms with Crippen molar-refractivity contribution < 1.29 is 9.53 Å². The molecule has 9 heteroatoms. The molecular weight excluding hydrogens is 454 g/mol. The maximum absolute atomic E-state index is 12.9. The van der Waals surface area contributed by atoms with Crippen LogP contribution in [0.3, 0.4) is 0 Å². The number of hydrogen-bond donors (Lipinski definition) is 3. The van der Waals surface area contributed by atoms with Crippen molar-refractivity contribution in [3.63, 3.8) is 0 Å². The number of aryl methyl sites for hydroxylation is 2. The standard InChI is InChI=1S/C27H25N7O2/c1-17-16-23(30-19-11-13-22(36-3)14-12-19)33-27(28-17)32-21-9-7-20(8-10-21)31-26(35)25-18(2)29-24-6-4-5-15-34(24)25/h4-16H,1-3H3,(H,31,35)(H2,28,30,32,33). The molecular formula is C27H25N7O2. The third-order valence-corrected chi connectivity index (χ3v) is 5.53. The first-order chi connectivity index (χ1) is 17.5. The molecule has 0 radical (unpaired) electrons. The van der Waals surface area contributed by atoms with E-state index in [0.29, 0.717) is 28.8 Å². The van der Waals surface area contributed by atoms with E-state index in [9.17, 15) is 4.79 Å². The molecule has 5 rings (SSSR count). The van der Waals surface area contributed by atoms with Crippen molar-refractivity contribution in [2.24, 2.45) is 0 Å². The van der Waals surface area contributed by atoms with E-state index in [1.165, 1.54) is 0 Å². The van der Waals surface area contributed by atoms with Crippen molar-refractivity contribution in [2.75, 3.05) is 23.1 Å². The summed E-state index contributed by atoms with van der Waals surface area (Å²) >= 11 is 0. The van der Waals surface area contributed by atoms with E-state index in [0.717, 1.165) is 28.5 Å². The van der Waals surface area contributed by atoms with Gasteiger partial charge in [-0.05, 0) is 74.5 Å². The Hall–Kier alpha value is -4.92. The molecule has 0 bridgehead atoms. The summed E-state index contributed by atoms with van der Waals surface area (Å²) in [6.07, 6.45) is 1.83. The lowest BCUT2D eigenvalue weighted by Crippen LogP contribution is -2.15. The number of nitrogens with one attached hydrogen (secondary N) is 3. The van der Waals surface area contributed by atoms with Gasteiger partial charge in [-0.25, -0.2) is 9.97 Å². The Bertz CT molecular complexity index is 1530. The Balaban J connectivity index is 1.27. The number of ether oxygens (including phenoxy) is 1. The third-order valence-electron chi connectivity index (χ3n) is 5.53. The zero-order valence-electron chi connectivity index (χ0n) is 20.1. The summed E-state index contributed by atoms with van der Waals surface area (Å²) in [5.74, 6) is 1.70. The smallest absolute Gasteiger partial charge is 0.274 e. The molecule has 5 aromatic rings. The maximum atomic E-state index is 12.9. The van der Waals surface area contributed by atoms with Crippen molar-refractivity contribution in [1.29, 1.82) is 0 Å². The molecule has 0 aliphatic carbocycles. The number of nitrogens with zero attached hydrogens (tertiary/aromatic N) is 4. The highest BCUT2D eigenvalue weighted by Gasteiger charge is 2.16. The Kier molecular flexibility index (Phi) is 6.19. The average Bonchev–Trinajstić information content (AvgIpc) is 3.21. The number of hydrogen-bond acceptors (Lipinski definition) is 7. The monoisotopic (exact) mass is 479 g/mol. The van der Waals surface area contributed by atoms with Crippen LogP contribution in [-0.4, -0.2) is 32.4 Å². The largest absolute Gasteiger partial charge is 0.497 e. The van der Waals surface area contributed by atoms with Gasteiger partial charge in [-0.1, -0.05) is 6.07 Å². The second kappa shape index (κ2) is 9.75. The number of fused-ring (bicyclic) bond motifs is 1. The molecule has 2 aromatic carbocycles. The summed E-state index contributed by atoms with van der Waals surface area (Å²) in [7, 11) is 1.64. The van der Waals surface area contributed by atoms with Crippen LogP contribution in [0.25, 0.3) is 5.65 Å². The van der Waals surface area contributed by atoms with E-state index in [-0.39, 0.29) is 5.91 Å². The van der Waals surface area contributed by atoms with Gasteiger partial charge in [0.1, 0.15) is 22.9 Å². The molecule has 0 atom stereocenters. The van der Waals surface area contributed by atoms with Gasteiger partial charge in [0.2, 0.25) is 5.95 Å². The van der Waals surface area contributed by atoms with Gasteiger partial charge >= 0.3 is 0 Å². The van der Waals surface area contributed by atoms with Gasteiger partial charge in [-0.15, -0.1) is 0 Å². The Morgan fingerprint density at radius 2 is 1.53 bits per heavy atom. The Morgan fingerprint density at radius 1 is 0.833 bits per heavy atom. The van der Waals surface area contributed by atoms with Crippen LogP contribution in [0.15, 0.2) is 79.0 Å². The molecule has 0 aliphatic rings. The van der Waals surface area contributed by atoms with Crippen LogP contribution in [0.5, 0.6) is 5.75 Å². The van der Waals surface area contributed by atoms with E-state index >= 15 is 0 Å². The summed E-state index contributed by atoms with van der Waals surface area (Å²) in [5, 5.41) is 9.45. The fraction of sp³-hybridized carbons (Fsp3) is 0.111. The van der Waals surface area contributed by atoms with Crippen LogP contribution < -0.4 is 20.7 Å². The summed E-state index contributed by atoms with van der Waals surface area (Å²) in [5.41, 5.74) is 5.09. The number of pyridine rings is 1. The summed E-state index contributed by atoms with van der Waals surface area (Å²) < 4.78 is 6.99. The lowest BCUT2D eigenvalue weighted by atomic mass is 10.2.